The molecule has 1 heterocycles. The van der Waals surface area contributed by atoms with Crippen LogP contribution >= 0.6 is 11.8 Å². The van der Waals surface area contributed by atoms with Crippen LogP contribution in [0.1, 0.15) is 24.0 Å². The van der Waals surface area contributed by atoms with Crippen LogP contribution in [0, 0.1) is 5.92 Å². The predicted octanol–water partition coefficient (Wildman–Crippen LogP) is 2.40. The normalized spacial score (nSPS) is 22.6. The van der Waals surface area contributed by atoms with Gasteiger partial charge >= 0.3 is 0 Å². The second-order valence-electron chi connectivity index (χ2n) is 4.97. The van der Waals surface area contributed by atoms with Gasteiger partial charge in [0.15, 0.2) is 0 Å². The van der Waals surface area contributed by atoms with Crippen LogP contribution in [0.3, 0.4) is 0 Å². The van der Waals surface area contributed by atoms with Crippen LogP contribution in [0.15, 0.2) is 23.1 Å². The predicted molar refractivity (Wildman–Crippen MR) is 70.3 cm³/mol. The third-order valence-corrected chi connectivity index (χ3v) is 4.84. The first-order valence-corrected chi connectivity index (χ1v) is 7.31. The lowest BCUT2D eigenvalue weighted by Crippen LogP contribution is -2.14. The summed E-state index contributed by atoms with van der Waals surface area (Å²) in [5.74, 6) is 1.78. The molecule has 0 aromatic heterocycles. The number of hydrogen-bond acceptors (Lipinski definition) is 2. The highest BCUT2D eigenvalue weighted by molar-refractivity contribution is 7.99. The number of hydrogen-bond donors (Lipinski definition) is 1. The number of nitrogens with one attached hydrogen (secondary N) is 1. The van der Waals surface area contributed by atoms with Crippen LogP contribution < -0.4 is 5.32 Å². The number of carbonyl (C=O) groups excluding carboxylic acids is 1. The van der Waals surface area contributed by atoms with Crippen LogP contribution in [0.25, 0.3) is 0 Å². The number of aryl methyl sites for hydroxylation is 2. The molecule has 0 spiro atoms. The zero-order chi connectivity index (χ0) is 11.7. The van der Waals surface area contributed by atoms with Gasteiger partial charge in [-0.3, -0.25) is 4.79 Å². The average molecular weight is 247 g/mol. The SMILES string of the molecule is O=C1C[C@H](CSc2ccc3c(c2)CCC3)CN1. The summed E-state index contributed by atoms with van der Waals surface area (Å²) in [6, 6.07) is 6.86. The molecule has 1 aliphatic carbocycles. The molecule has 1 aromatic rings. The Kier molecular flexibility index (Phi) is 3.10. The average Bonchev–Trinajstić information content (AvgIpc) is 2.94. The molecule has 0 unspecified atom stereocenters. The van der Waals surface area contributed by atoms with Gasteiger partial charge in [0.1, 0.15) is 0 Å². The van der Waals surface area contributed by atoms with Gasteiger partial charge in [0.25, 0.3) is 0 Å². The van der Waals surface area contributed by atoms with Crippen molar-refractivity contribution in [3.63, 3.8) is 0 Å². The molecule has 1 saturated heterocycles. The highest BCUT2D eigenvalue weighted by atomic mass is 32.2. The molecular weight excluding hydrogens is 230 g/mol. The lowest BCUT2D eigenvalue weighted by Gasteiger charge is -2.08. The molecule has 17 heavy (non-hydrogen) atoms. The third kappa shape index (κ3) is 2.49. The number of thioether (sulfide) groups is 1. The fourth-order valence-electron chi connectivity index (χ4n) is 2.63. The molecule has 2 aliphatic rings. The quantitative estimate of drug-likeness (QED) is 0.831. The highest BCUT2D eigenvalue weighted by Crippen LogP contribution is 2.29. The Balaban J connectivity index is 1.60. The maximum absolute atomic E-state index is 11.1. The van der Waals surface area contributed by atoms with E-state index in [0.29, 0.717) is 12.3 Å². The maximum Gasteiger partial charge on any atom is 0.220 e. The van der Waals surface area contributed by atoms with Crippen LogP contribution in [-0.2, 0) is 17.6 Å². The van der Waals surface area contributed by atoms with Crippen molar-refractivity contribution in [2.75, 3.05) is 12.3 Å². The Bertz CT molecular complexity index is 444. The molecule has 0 radical (unpaired) electrons. The molecule has 90 valence electrons. The molecule has 0 saturated carbocycles. The first-order valence-electron chi connectivity index (χ1n) is 6.32. The molecule has 0 bridgehead atoms. The summed E-state index contributed by atoms with van der Waals surface area (Å²) >= 11 is 1.89. The Morgan fingerprint density at radius 3 is 3.00 bits per heavy atom. The minimum Gasteiger partial charge on any atom is -0.356 e. The van der Waals surface area contributed by atoms with Crippen LogP contribution in [0.5, 0.6) is 0 Å². The van der Waals surface area contributed by atoms with Crippen molar-refractivity contribution >= 4 is 17.7 Å². The molecule has 2 nitrogen and oxygen atoms in total. The summed E-state index contributed by atoms with van der Waals surface area (Å²) in [5, 5.41) is 2.90. The van der Waals surface area contributed by atoms with Gasteiger partial charge in [-0.1, -0.05) is 6.07 Å². The Labute approximate surface area is 106 Å². The van der Waals surface area contributed by atoms with E-state index in [4.69, 9.17) is 0 Å². The lowest BCUT2D eigenvalue weighted by molar-refractivity contribution is -0.119. The monoisotopic (exact) mass is 247 g/mol. The van der Waals surface area contributed by atoms with Crippen molar-refractivity contribution in [3.05, 3.63) is 29.3 Å². The van der Waals surface area contributed by atoms with Crippen molar-refractivity contribution in [1.29, 1.82) is 0 Å². The summed E-state index contributed by atoms with van der Waals surface area (Å²) in [6.45, 7) is 0.858. The smallest absolute Gasteiger partial charge is 0.220 e. The maximum atomic E-state index is 11.1. The van der Waals surface area contributed by atoms with E-state index in [0.717, 1.165) is 12.3 Å². The van der Waals surface area contributed by atoms with Crippen LogP contribution in [0.2, 0.25) is 0 Å². The Hall–Kier alpha value is -0.960. The van der Waals surface area contributed by atoms with Crippen molar-refractivity contribution in [2.45, 2.75) is 30.6 Å². The fraction of sp³-hybridized carbons (Fsp3) is 0.500. The molecule has 3 rings (SSSR count). The first kappa shape index (κ1) is 11.1. The van der Waals surface area contributed by atoms with Crippen molar-refractivity contribution < 1.29 is 4.79 Å². The standard InChI is InChI=1S/C14H17NOS/c16-14-6-10(8-15-14)9-17-13-5-4-11-2-1-3-12(11)7-13/h4-5,7,10H,1-3,6,8-9H2,(H,15,16)/t10-/m0/s1. The van der Waals surface area contributed by atoms with Gasteiger partial charge in [-0.05, 0) is 48.4 Å². The third-order valence-electron chi connectivity index (χ3n) is 3.62. The van der Waals surface area contributed by atoms with E-state index in [2.05, 4.69) is 23.5 Å². The summed E-state index contributed by atoms with van der Waals surface area (Å²) < 4.78 is 0. The molecular formula is C14H17NOS. The second-order valence-corrected chi connectivity index (χ2v) is 6.06. The van der Waals surface area contributed by atoms with Gasteiger partial charge in [-0.25, -0.2) is 0 Å². The Morgan fingerprint density at radius 1 is 1.29 bits per heavy atom. The zero-order valence-corrected chi connectivity index (χ0v) is 10.7. The van der Waals surface area contributed by atoms with E-state index in [1.54, 1.807) is 0 Å². The van der Waals surface area contributed by atoms with Crippen molar-refractivity contribution in [1.82, 2.24) is 5.32 Å². The summed E-state index contributed by atoms with van der Waals surface area (Å²) in [5.41, 5.74) is 3.07. The first-order chi connectivity index (χ1) is 8.31. The van der Waals surface area contributed by atoms with E-state index in [1.807, 2.05) is 11.8 Å². The number of fused-ring (bicyclic) bond motifs is 1. The van der Waals surface area contributed by atoms with Crippen LogP contribution in [0.4, 0.5) is 0 Å². The topological polar surface area (TPSA) is 29.1 Å². The molecule has 1 aromatic carbocycles. The van der Waals surface area contributed by atoms with Crippen molar-refractivity contribution in [3.8, 4) is 0 Å². The van der Waals surface area contributed by atoms with Gasteiger partial charge in [0, 0.05) is 23.6 Å². The van der Waals surface area contributed by atoms with E-state index in [-0.39, 0.29) is 5.91 Å². The van der Waals surface area contributed by atoms with Gasteiger partial charge in [-0.15, -0.1) is 11.8 Å². The van der Waals surface area contributed by atoms with E-state index in [9.17, 15) is 4.79 Å². The lowest BCUT2D eigenvalue weighted by atomic mass is 10.1. The highest BCUT2D eigenvalue weighted by Gasteiger charge is 2.21. The van der Waals surface area contributed by atoms with Gasteiger partial charge in [0.05, 0.1) is 0 Å². The van der Waals surface area contributed by atoms with E-state index < -0.39 is 0 Å². The summed E-state index contributed by atoms with van der Waals surface area (Å²) in [4.78, 5) is 12.5. The number of benzene rings is 1. The molecule has 1 aliphatic heterocycles. The van der Waals surface area contributed by atoms with Gasteiger partial charge in [-0.2, -0.15) is 0 Å². The molecule has 1 fully saturated rings. The minimum atomic E-state index is 0.213. The number of carbonyl (C=O) groups is 1. The second kappa shape index (κ2) is 4.73. The Morgan fingerprint density at radius 2 is 2.18 bits per heavy atom. The largest absolute Gasteiger partial charge is 0.356 e. The minimum absolute atomic E-state index is 0.213. The number of rotatable bonds is 3. The van der Waals surface area contributed by atoms with E-state index >= 15 is 0 Å². The van der Waals surface area contributed by atoms with Gasteiger partial charge < -0.3 is 5.32 Å². The van der Waals surface area contributed by atoms with Gasteiger partial charge in [0.2, 0.25) is 5.91 Å². The molecule has 1 N–H and O–H groups in total. The fourth-order valence-corrected chi connectivity index (χ4v) is 3.69. The zero-order valence-electron chi connectivity index (χ0n) is 9.87. The molecule has 1 amide bonds. The molecule has 3 heteroatoms. The molecule has 1 atom stereocenters. The summed E-state index contributed by atoms with van der Waals surface area (Å²) in [7, 11) is 0. The van der Waals surface area contributed by atoms with Crippen molar-refractivity contribution in [2.24, 2.45) is 5.92 Å². The summed E-state index contributed by atoms with van der Waals surface area (Å²) in [6.07, 6.45) is 4.51. The number of amides is 1. The van der Waals surface area contributed by atoms with E-state index in [1.165, 1.54) is 35.3 Å². The van der Waals surface area contributed by atoms with Crippen LogP contribution in [-0.4, -0.2) is 18.2 Å².